The molecule has 0 radical (unpaired) electrons. The van der Waals surface area contributed by atoms with Gasteiger partial charge in [-0.15, -0.1) is 0 Å². The Balaban J connectivity index is 3.31. The maximum atomic E-state index is 13.3. The number of unbranched alkanes of at least 4 members (excludes halogenated alkanes) is 5. The summed E-state index contributed by atoms with van der Waals surface area (Å²) in [6, 6.07) is 0.793. The van der Waals surface area contributed by atoms with Gasteiger partial charge >= 0.3 is 5.97 Å². The van der Waals surface area contributed by atoms with E-state index in [2.05, 4.69) is 6.58 Å². The number of rotatable bonds is 11. The van der Waals surface area contributed by atoms with Crippen molar-refractivity contribution in [3.8, 4) is 0 Å². The Hall–Kier alpha value is -0.643. The van der Waals surface area contributed by atoms with Crippen molar-refractivity contribution in [1.82, 2.24) is 0 Å². The molecule has 1 unspecified atom stereocenters. The third-order valence-electron chi connectivity index (χ3n) is 3.12. The average Bonchev–Trinajstić information content (AvgIpc) is 2.31. The van der Waals surface area contributed by atoms with Gasteiger partial charge in [-0.3, -0.25) is 0 Å². The second kappa shape index (κ2) is 10.2. The van der Waals surface area contributed by atoms with Crippen LogP contribution in [0.3, 0.4) is 0 Å². The van der Waals surface area contributed by atoms with Crippen molar-refractivity contribution in [2.24, 2.45) is 0 Å². The van der Waals surface area contributed by atoms with Gasteiger partial charge in [-0.25, -0.2) is 4.79 Å². The number of hydrogen-bond acceptors (Lipinski definition) is 2. The van der Waals surface area contributed by atoms with Gasteiger partial charge in [0.2, 0.25) is 8.41 Å². The molecule has 2 nitrogen and oxygen atoms in total. The second-order valence-electron chi connectivity index (χ2n) is 5.83. The summed E-state index contributed by atoms with van der Waals surface area (Å²) in [4.78, 5) is 10.9. The van der Waals surface area contributed by atoms with Crippen LogP contribution in [0.4, 0.5) is 4.11 Å². The van der Waals surface area contributed by atoms with Gasteiger partial charge in [-0.2, -0.15) is 0 Å². The van der Waals surface area contributed by atoms with E-state index < -0.39 is 8.41 Å². The standard InChI is InChI=1S/C15H29FO2Si/c1-5-15(17)18-14(2)12-10-8-6-7-9-11-13-19(3,4)16/h5,14H,1,6-13H2,2-4H3. The molecule has 0 aliphatic heterocycles. The lowest BCUT2D eigenvalue weighted by Crippen LogP contribution is -2.16. The largest absolute Gasteiger partial charge is 0.460 e. The minimum atomic E-state index is -2.32. The van der Waals surface area contributed by atoms with Crippen molar-refractivity contribution >= 4 is 14.4 Å². The van der Waals surface area contributed by atoms with Crippen LogP contribution in [-0.4, -0.2) is 20.5 Å². The Kier molecular flexibility index (Phi) is 9.84. The fourth-order valence-corrected chi connectivity index (χ4v) is 3.08. The molecule has 0 aromatic carbocycles. The van der Waals surface area contributed by atoms with Crippen molar-refractivity contribution in [2.45, 2.75) is 77.1 Å². The monoisotopic (exact) mass is 288 g/mol. The Morgan fingerprint density at radius 1 is 1.21 bits per heavy atom. The number of ether oxygens (including phenoxy) is 1. The molecule has 112 valence electrons. The van der Waals surface area contributed by atoms with E-state index in [4.69, 9.17) is 4.74 Å². The van der Waals surface area contributed by atoms with E-state index in [9.17, 15) is 8.90 Å². The molecule has 0 spiro atoms. The molecule has 0 rings (SSSR count). The van der Waals surface area contributed by atoms with E-state index in [0.29, 0.717) is 0 Å². The highest BCUT2D eigenvalue weighted by Gasteiger charge is 2.18. The summed E-state index contributed by atoms with van der Waals surface area (Å²) in [7, 11) is -2.32. The van der Waals surface area contributed by atoms with E-state index in [0.717, 1.165) is 38.1 Å². The molecule has 0 aromatic heterocycles. The number of hydrogen-bond donors (Lipinski definition) is 0. The smallest absolute Gasteiger partial charge is 0.330 e. The lowest BCUT2D eigenvalue weighted by molar-refractivity contribution is -0.142. The molecule has 4 heteroatoms. The minimum Gasteiger partial charge on any atom is -0.460 e. The quantitative estimate of drug-likeness (QED) is 0.176. The highest BCUT2D eigenvalue weighted by atomic mass is 28.4. The molecule has 0 heterocycles. The normalized spacial score (nSPS) is 13.1. The molecule has 0 fully saturated rings. The predicted molar refractivity (Wildman–Crippen MR) is 81.5 cm³/mol. The summed E-state index contributed by atoms with van der Waals surface area (Å²) in [5.74, 6) is -0.342. The molecule has 1 atom stereocenters. The topological polar surface area (TPSA) is 26.3 Å². The van der Waals surface area contributed by atoms with Gasteiger partial charge in [0.05, 0.1) is 6.10 Å². The number of carbonyl (C=O) groups excluding carboxylic acids is 1. The van der Waals surface area contributed by atoms with Crippen LogP contribution < -0.4 is 0 Å². The molecule has 0 saturated heterocycles. The van der Waals surface area contributed by atoms with Gasteiger partial charge < -0.3 is 8.84 Å². The molecular formula is C15H29FO2Si. The first kappa shape index (κ1) is 18.4. The molecule has 0 bridgehead atoms. The van der Waals surface area contributed by atoms with Gasteiger partial charge in [0.1, 0.15) is 0 Å². The molecule has 0 N–H and O–H groups in total. The van der Waals surface area contributed by atoms with Crippen LogP contribution in [0.2, 0.25) is 19.1 Å². The Morgan fingerprint density at radius 2 is 1.74 bits per heavy atom. The highest BCUT2D eigenvalue weighted by molar-refractivity contribution is 6.70. The highest BCUT2D eigenvalue weighted by Crippen LogP contribution is 2.17. The first-order chi connectivity index (χ1) is 8.85. The molecule has 19 heavy (non-hydrogen) atoms. The Morgan fingerprint density at radius 3 is 2.26 bits per heavy atom. The lowest BCUT2D eigenvalue weighted by atomic mass is 10.1. The molecule has 0 amide bonds. The van der Waals surface area contributed by atoms with Crippen LogP contribution >= 0.6 is 0 Å². The second-order valence-corrected chi connectivity index (χ2v) is 9.77. The van der Waals surface area contributed by atoms with Crippen molar-refractivity contribution in [3.05, 3.63) is 12.7 Å². The molecular weight excluding hydrogens is 259 g/mol. The SMILES string of the molecule is C=CC(=O)OC(C)CCCCCCCC[Si](C)(C)F. The van der Waals surface area contributed by atoms with Crippen LogP contribution in [0.1, 0.15) is 51.9 Å². The van der Waals surface area contributed by atoms with Crippen molar-refractivity contribution in [2.75, 3.05) is 0 Å². The van der Waals surface area contributed by atoms with Gasteiger partial charge in [-0.1, -0.05) is 38.7 Å². The van der Waals surface area contributed by atoms with Crippen LogP contribution in [0.25, 0.3) is 0 Å². The van der Waals surface area contributed by atoms with Crippen LogP contribution in [0, 0.1) is 0 Å². The number of carbonyl (C=O) groups is 1. The molecule has 0 saturated carbocycles. The Labute approximate surface area is 118 Å². The minimum absolute atomic E-state index is 0.0242. The van der Waals surface area contributed by atoms with Gasteiger partial charge in [0.15, 0.2) is 0 Å². The lowest BCUT2D eigenvalue weighted by Gasteiger charge is -2.11. The number of halogens is 1. The van der Waals surface area contributed by atoms with Crippen LogP contribution in [-0.2, 0) is 9.53 Å². The van der Waals surface area contributed by atoms with E-state index in [1.807, 2.05) is 6.92 Å². The van der Waals surface area contributed by atoms with Crippen molar-refractivity contribution in [1.29, 1.82) is 0 Å². The average molecular weight is 288 g/mol. The third kappa shape index (κ3) is 13.6. The maximum absolute atomic E-state index is 13.3. The van der Waals surface area contributed by atoms with Crippen molar-refractivity contribution in [3.63, 3.8) is 0 Å². The zero-order chi connectivity index (χ0) is 14.7. The third-order valence-corrected chi connectivity index (χ3v) is 4.66. The van der Waals surface area contributed by atoms with Gasteiger partial charge in [0.25, 0.3) is 0 Å². The zero-order valence-corrected chi connectivity index (χ0v) is 13.7. The summed E-state index contributed by atoms with van der Waals surface area (Å²) in [5, 5.41) is 0. The fraction of sp³-hybridized carbons (Fsp3) is 0.800. The van der Waals surface area contributed by atoms with Crippen LogP contribution in [0.5, 0.6) is 0 Å². The van der Waals surface area contributed by atoms with Crippen LogP contribution in [0.15, 0.2) is 12.7 Å². The van der Waals surface area contributed by atoms with E-state index in [1.165, 1.54) is 18.9 Å². The summed E-state index contributed by atoms with van der Waals surface area (Å²) in [5.41, 5.74) is 0. The zero-order valence-electron chi connectivity index (χ0n) is 12.7. The molecule has 0 aliphatic carbocycles. The predicted octanol–water partition coefficient (Wildman–Crippen LogP) is 5.01. The van der Waals surface area contributed by atoms with Crippen molar-refractivity contribution < 1.29 is 13.6 Å². The number of esters is 1. The molecule has 0 aliphatic rings. The van der Waals surface area contributed by atoms with Gasteiger partial charge in [-0.05, 0) is 38.9 Å². The summed E-state index contributed by atoms with van der Waals surface area (Å²) in [6.45, 7) is 8.84. The summed E-state index contributed by atoms with van der Waals surface area (Å²) >= 11 is 0. The summed E-state index contributed by atoms with van der Waals surface area (Å²) in [6.07, 6.45) is 8.87. The maximum Gasteiger partial charge on any atom is 0.330 e. The van der Waals surface area contributed by atoms with E-state index in [-0.39, 0.29) is 12.1 Å². The summed E-state index contributed by atoms with van der Waals surface area (Å²) < 4.78 is 18.4. The first-order valence-corrected chi connectivity index (χ1v) is 10.5. The molecule has 0 aromatic rings. The van der Waals surface area contributed by atoms with Gasteiger partial charge in [0, 0.05) is 6.08 Å². The Bertz CT molecular complexity index is 261. The first-order valence-electron chi connectivity index (χ1n) is 7.37. The fourth-order valence-electron chi connectivity index (χ4n) is 1.99. The van der Waals surface area contributed by atoms with E-state index >= 15 is 0 Å². The van der Waals surface area contributed by atoms with E-state index in [1.54, 1.807) is 13.1 Å².